The lowest BCUT2D eigenvalue weighted by Crippen LogP contribution is -2.09. The Bertz CT molecular complexity index is 482. The van der Waals surface area contributed by atoms with Gasteiger partial charge in [-0.3, -0.25) is 9.59 Å². The van der Waals surface area contributed by atoms with Crippen molar-refractivity contribution in [3.05, 3.63) is 35.9 Å². The molecular formula is C14H14O2S. The molecule has 3 unspecified atom stereocenters. The summed E-state index contributed by atoms with van der Waals surface area (Å²) in [6.07, 6.45) is 1.88. The van der Waals surface area contributed by atoms with E-state index in [2.05, 4.69) is 12.6 Å². The van der Waals surface area contributed by atoms with Crippen LogP contribution in [0.2, 0.25) is 0 Å². The van der Waals surface area contributed by atoms with Gasteiger partial charge in [0, 0.05) is 12.3 Å². The molecule has 0 bridgehead atoms. The van der Waals surface area contributed by atoms with Crippen LogP contribution in [0.15, 0.2) is 30.3 Å². The van der Waals surface area contributed by atoms with Crippen LogP contribution in [0.3, 0.4) is 0 Å². The maximum Gasteiger partial charge on any atom is 0.154 e. The normalized spacial score (nSPS) is 35.6. The fraction of sp³-hybridized carbons (Fsp3) is 0.429. The Labute approximate surface area is 106 Å². The molecule has 2 aliphatic rings. The Morgan fingerprint density at radius 1 is 1.24 bits per heavy atom. The first-order chi connectivity index (χ1) is 8.13. The summed E-state index contributed by atoms with van der Waals surface area (Å²) in [5.41, 5.74) is 0.784. The Morgan fingerprint density at radius 2 is 1.88 bits per heavy atom. The molecule has 2 aliphatic carbocycles. The minimum Gasteiger partial charge on any atom is -0.299 e. The fourth-order valence-electron chi connectivity index (χ4n) is 2.93. The van der Waals surface area contributed by atoms with Crippen molar-refractivity contribution in [2.24, 2.45) is 11.3 Å². The van der Waals surface area contributed by atoms with Crippen LogP contribution in [0.4, 0.5) is 0 Å². The molecule has 2 fully saturated rings. The Morgan fingerprint density at radius 3 is 2.41 bits per heavy atom. The molecule has 3 heteroatoms. The van der Waals surface area contributed by atoms with E-state index in [0.717, 1.165) is 6.42 Å². The van der Waals surface area contributed by atoms with Crippen LogP contribution in [-0.4, -0.2) is 16.8 Å². The molecule has 0 radical (unpaired) electrons. The highest BCUT2D eigenvalue weighted by Crippen LogP contribution is 2.58. The molecule has 3 rings (SSSR count). The number of Topliss-reactive ketones (excluding diaryl/α,β-unsaturated/α-hetero) is 2. The zero-order valence-corrected chi connectivity index (χ0v) is 10.3. The third-order valence-corrected chi connectivity index (χ3v) is 4.79. The molecule has 1 spiro atoms. The molecule has 0 aromatic heterocycles. The highest BCUT2D eigenvalue weighted by atomic mass is 32.1. The van der Waals surface area contributed by atoms with Crippen molar-refractivity contribution in [2.75, 3.05) is 0 Å². The minimum atomic E-state index is -0.389. The second-order valence-corrected chi connectivity index (χ2v) is 5.67. The molecule has 0 saturated heterocycles. The third kappa shape index (κ3) is 1.64. The van der Waals surface area contributed by atoms with Gasteiger partial charge < -0.3 is 0 Å². The number of benzene rings is 1. The van der Waals surface area contributed by atoms with Gasteiger partial charge in [-0.1, -0.05) is 30.3 Å². The number of carbonyl (C=O) groups is 2. The SMILES string of the molecule is O=C1CC2(CC1Cc1ccccc1)C(=O)C2S. The Balaban J connectivity index is 1.74. The van der Waals surface area contributed by atoms with Gasteiger partial charge in [0.1, 0.15) is 5.78 Å². The fourth-order valence-corrected chi connectivity index (χ4v) is 3.44. The monoisotopic (exact) mass is 246 g/mol. The van der Waals surface area contributed by atoms with Crippen LogP contribution in [0, 0.1) is 11.3 Å². The molecule has 0 aliphatic heterocycles. The molecule has 0 amide bonds. The summed E-state index contributed by atoms with van der Waals surface area (Å²) in [5.74, 6) is 0.419. The molecular weight excluding hydrogens is 232 g/mol. The first-order valence-electron chi connectivity index (χ1n) is 5.92. The second-order valence-electron chi connectivity index (χ2n) is 5.16. The van der Waals surface area contributed by atoms with Gasteiger partial charge in [-0.2, -0.15) is 12.6 Å². The summed E-state index contributed by atoms with van der Waals surface area (Å²) < 4.78 is 0. The second kappa shape index (κ2) is 3.70. The highest BCUT2D eigenvalue weighted by Gasteiger charge is 2.67. The van der Waals surface area contributed by atoms with Crippen LogP contribution >= 0.6 is 12.6 Å². The summed E-state index contributed by atoms with van der Waals surface area (Å²) in [6.45, 7) is 0. The van der Waals surface area contributed by atoms with Crippen LogP contribution in [0.5, 0.6) is 0 Å². The number of thiol groups is 1. The van der Waals surface area contributed by atoms with Crippen molar-refractivity contribution < 1.29 is 9.59 Å². The number of hydrogen-bond acceptors (Lipinski definition) is 3. The van der Waals surface area contributed by atoms with E-state index in [1.165, 1.54) is 5.56 Å². The number of rotatable bonds is 2. The topological polar surface area (TPSA) is 34.1 Å². The summed E-state index contributed by atoms with van der Waals surface area (Å²) in [6, 6.07) is 9.99. The zero-order chi connectivity index (χ0) is 12.0. The number of carbonyl (C=O) groups excluding carboxylic acids is 2. The lowest BCUT2D eigenvalue weighted by molar-refractivity contribution is -0.121. The molecule has 2 saturated carbocycles. The predicted octanol–water partition coefficient (Wildman–Crippen LogP) is 2.08. The van der Waals surface area contributed by atoms with Gasteiger partial charge in [0.2, 0.25) is 0 Å². The lowest BCUT2D eigenvalue weighted by Gasteiger charge is -2.08. The van der Waals surface area contributed by atoms with Crippen LogP contribution in [-0.2, 0) is 16.0 Å². The summed E-state index contributed by atoms with van der Waals surface area (Å²) in [4.78, 5) is 23.5. The number of ketones is 2. The molecule has 3 atom stereocenters. The first kappa shape index (κ1) is 11.0. The van der Waals surface area contributed by atoms with Gasteiger partial charge in [-0.25, -0.2) is 0 Å². The predicted molar refractivity (Wildman–Crippen MR) is 68.1 cm³/mol. The minimum absolute atomic E-state index is 0.0125. The molecule has 88 valence electrons. The van der Waals surface area contributed by atoms with Crippen molar-refractivity contribution in [1.29, 1.82) is 0 Å². The van der Waals surface area contributed by atoms with Gasteiger partial charge in [0.25, 0.3) is 0 Å². The van der Waals surface area contributed by atoms with Gasteiger partial charge in [0.05, 0.1) is 10.7 Å². The van der Waals surface area contributed by atoms with Crippen molar-refractivity contribution in [1.82, 2.24) is 0 Å². The van der Waals surface area contributed by atoms with E-state index in [-0.39, 0.29) is 28.1 Å². The van der Waals surface area contributed by atoms with Gasteiger partial charge in [0.15, 0.2) is 5.78 Å². The van der Waals surface area contributed by atoms with Crippen molar-refractivity contribution in [3.63, 3.8) is 0 Å². The molecule has 2 nitrogen and oxygen atoms in total. The van der Waals surface area contributed by atoms with Crippen molar-refractivity contribution in [2.45, 2.75) is 24.5 Å². The highest BCUT2D eigenvalue weighted by molar-refractivity contribution is 7.82. The van der Waals surface area contributed by atoms with E-state index >= 15 is 0 Å². The zero-order valence-electron chi connectivity index (χ0n) is 9.43. The van der Waals surface area contributed by atoms with Gasteiger partial charge >= 0.3 is 0 Å². The first-order valence-corrected chi connectivity index (χ1v) is 6.44. The summed E-state index contributed by atoms with van der Waals surface area (Å²) in [7, 11) is 0. The van der Waals surface area contributed by atoms with Gasteiger partial charge in [-0.05, 0) is 18.4 Å². The standard InChI is InChI=1S/C14H14O2S/c15-11-8-14(12(16)13(14)17)7-10(11)6-9-4-2-1-3-5-9/h1-5,10,13,17H,6-8H2. The third-order valence-electron chi connectivity index (χ3n) is 4.06. The van der Waals surface area contributed by atoms with E-state index in [1.807, 2.05) is 30.3 Å². The maximum atomic E-state index is 11.9. The number of hydrogen-bond donors (Lipinski definition) is 1. The quantitative estimate of drug-likeness (QED) is 0.811. The molecule has 17 heavy (non-hydrogen) atoms. The molecule has 1 aromatic carbocycles. The van der Waals surface area contributed by atoms with Gasteiger partial charge in [-0.15, -0.1) is 0 Å². The molecule has 1 aromatic rings. The van der Waals surface area contributed by atoms with E-state index in [1.54, 1.807) is 0 Å². The summed E-state index contributed by atoms with van der Waals surface area (Å²) >= 11 is 4.26. The maximum absolute atomic E-state index is 11.9. The smallest absolute Gasteiger partial charge is 0.154 e. The Hall–Kier alpha value is -1.09. The Kier molecular flexibility index (Phi) is 2.40. The summed E-state index contributed by atoms with van der Waals surface area (Å²) in [5, 5.41) is -0.188. The lowest BCUT2D eigenvalue weighted by atomic mass is 9.95. The molecule has 0 N–H and O–H groups in total. The van der Waals surface area contributed by atoms with Crippen molar-refractivity contribution >= 4 is 24.2 Å². The van der Waals surface area contributed by atoms with E-state index in [9.17, 15) is 9.59 Å². The average Bonchev–Trinajstić information content (AvgIpc) is 2.70. The average molecular weight is 246 g/mol. The van der Waals surface area contributed by atoms with E-state index in [0.29, 0.717) is 12.8 Å². The van der Waals surface area contributed by atoms with Crippen LogP contribution < -0.4 is 0 Å². The van der Waals surface area contributed by atoms with Crippen LogP contribution in [0.25, 0.3) is 0 Å². The molecule has 0 heterocycles. The van der Waals surface area contributed by atoms with E-state index in [4.69, 9.17) is 0 Å². The largest absolute Gasteiger partial charge is 0.299 e. The van der Waals surface area contributed by atoms with Crippen molar-refractivity contribution in [3.8, 4) is 0 Å². The van der Waals surface area contributed by atoms with E-state index < -0.39 is 0 Å². The van der Waals surface area contributed by atoms with Crippen LogP contribution in [0.1, 0.15) is 18.4 Å².